The summed E-state index contributed by atoms with van der Waals surface area (Å²) in [6.07, 6.45) is 5.17. The Morgan fingerprint density at radius 1 is 0.935 bits per heavy atom. The highest BCUT2D eigenvalue weighted by Gasteiger charge is 2.24. The molecule has 1 aromatic heterocycles. The lowest BCUT2D eigenvalue weighted by atomic mass is 9.89. The summed E-state index contributed by atoms with van der Waals surface area (Å²) in [6, 6.07) is 17.1. The molecule has 3 heterocycles. The second kappa shape index (κ2) is 9.25. The largest absolute Gasteiger partial charge is 0.379 e. The highest BCUT2D eigenvalue weighted by molar-refractivity contribution is 5.98. The number of fused-ring (bicyclic) bond motifs is 1. The monoisotopic (exact) mass is 417 g/mol. The lowest BCUT2D eigenvalue weighted by Crippen LogP contribution is -2.38. The van der Waals surface area contributed by atoms with Crippen LogP contribution in [0, 0.1) is 5.92 Å². The number of nitrogens with zero attached hydrogens (tertiary/aromatic N) is 2. The first-order chi connectivity index (χ1) is 15.2. The van der Waals surface area contributed by atoms with E-state index in [-0.39, 0.29) is 5.91 Å². The van der Waals surface area contributed by atoms with Crippen LogP contribution < -0.4 is 0 Å². The van der Waals surface area contributed by atoms with Gasteiger partial charge in [0.15, 0.2) is 0 Å². The maximum absolute atomic E-state index is 12.9. The Labute approximate surface area is 184 Å². The van der Waals surface area contributed by atoms with Crippen LogP contribution in [0.1, 0.15) is 34.3 Å². The second-order valence-corrected chi connectivity index (χ2v) is 8.92. The molecule has 2 aromatic carbocycles. The normalized spacial score (nSPS) is 18.5. The minimum Gasteiger partial charge on any atom is -0.379 e. The van der Waals surface area contributed by atoms with Crippen LogP contribution in [0.4, 0.5) is 0 Å². The molecule has 0 bridgehead atoms. The van der Waals surface area contributed by atoms with E-state index < -0.39 is 0 Å². The Bertz CT molecular complexity index is 1010. The van der Waals surface area contributed by atoms with Crippen LogP contribution in [0.5, 0.6) is 0 Å². The summed E-state index contributed by atoms with van der Waals surface area (Å²) >= 11 is 0. The van der Waals surface area contributed by atoms with Crippen LogP contribution in [-0.2, 0) is 17.7 Å². The zero-order valence-corrected chi connectivity index (χ0v) is 18.1. The van der Waals surface area contributed by atoms with Gasteiger partial charge in [-0.25, -0.2) is 0 Å². The molecule has 2 aliphatic rings. The number of carbonyl (C=O) groups is 1. The highest BCUT2D eigenvalue weighted by atomic mass is 16.5. The Morgan fingerprint density at radius 2 is 1.68 bits per heavy atom. The number of rotatable bonds is 5. The number of ether oxygens (including phenoxy) is 1. The minimum atomic E-state index is 0.155. The number of piperidine rings is 1. The van der Waals surface area contributed by atoms with E-state index in [9.17, 15) is 4.79 Å². The van der Waals surface area contributed by atoms with Gasteiger partial charge in [0.05, 0.1) is 13.2 Å². The van der Waals surface area contributed by atoms with Crippen molar-refractivity contribution in [2.75, 3.05) is 39.4 Å². The van der Waals surface area contributed by atoms with E-state index in [4.69, 9.17) is 4.74 Å². The van der Waals surface area contributed by atoms with Crippen molar-refractivity contribution < 1.29 is 9.53 Å². The van der Waals surface area contributed by atoms with E-state index in [2.05, 4.69) is 34.1 Å². The summed E-state index contributed by atoms with van der Waals surface area (Å²) in [5, 5.41) is 1.14. The molecule has 1 N–H and O–H groups in total. The molecular formula is C26H31N3O2. The smallest absolute Gasteiger partial charge is 0.253 e. The average molecular weight is 418 g/mol. The maximum Gasteiger partial charge on any atom is 0.253 e. The highest BCUT2D eigenvalue weighted by Crippen LogP contribution is 2.24. The first kappa shape index (κ1) is 20.3. The topological polar surface area (TPSA) is 48.6 Å². The zero-order chi connectivity index (χ0) is 21.0. The van der Waals surface area contributed by atoms with E-state index >= 15 is 0 Å². The van der Waals surface area contributed by atoms with Gasteiger partial charge in [-0.1, -0.05) is 30.3 Å². The molecule has 162 valence electrons. The zero-order valence-electron chi connectivity index (χ0n) is 18.1. The van der Waals surface area contributed by atoms with Gasteiger partial charge in [0.25, 0.3) is 5.91 Å². The fourth-order valence-corrected chi connectivity index (χ4v) is 4.84. The molecule has 5 heteroatoms. The third-order valence-electron chi connectivity index (χ3n) is 6.76. The van der Waals surface area contributed by atoms with Gasteiger partial charge < -0.3 is 14.6 Å². The van der Waals surface area contributed by atoms with Gasteiger partial charge in [-0.15, -0.1) is 0 Å². The number of amides is 1. The Hall–Kier alpha value is -2.63. The van der Waals surface area contributed by atoms with Gasteiger partial charge in [0.1, 0.15) is 0 Å². The molecule has 0 atom stereocenters. The van der Waals surface area contributed by atoms with Crippen molar-refractivity contribution >= 4 is 16.8 Å². The van der Waals surface area contributed by atoms with Crippen molar-refractivity contribution in [3.8, 4) is 0 Å². The van der Waals surface area contributed by atoms with Crippen molar-refractivity contribution in [1.29, 1.82) is 0 Å². The molecule has 1 amide bonds. The number of H-pyrrole nitrogens is 1. The number of hydrogen-bond donors (Lipinski definition) is 1. The lowest BCUT2D eigenvalue weighted by molar-refractivity contribution is 0.0342. The third-order valence-corrected chi connectivity index (χ3v) is 6.76. The maximum atomic E-state index is 12.9. The molecule has 2 aliphatic heterocycles. The second-order valence-electron chi connectivity index (χ2n) is 8.92. The predicted octanol–water partition coefficient (Wildman–Crippen LogP) is 4.10. The summed E-state index contributed by atoms with van der Waals surface area (Å²) in [4.78, 5) is 20.6. The van der Waals surface area contributed by atoms with Crippen molar-refractivity contribution in [3.63, 3.8) is 0 Å². The van der Waals surface area contributed by atoms with Crippen molar-refractivity contribution in [3.05, 3.63) is 71.4 Å². The van der Waals surface area contributed by atoms with Crippen LogP contribution in [0.2, 0.25) is 0 Å². The number of aromatic nitrogens is 1. The number of morpholine rings is 1. The van der Waals surface area contributed by atoms with Gasteiger partial charge in [-0.3, -0.25) is 9.69 Å². The summed E-state index contributed by atoms with van der Waals surface area (Å²) < 4.78 is 5.43. The first-order valence-corrected chi connectivity index (χ1v) is 11.5. The van der Waals surface area contributed by atoms with E-state index in [0.717, 1.165) is 81.7 Å². The van der Waals surface area contributed by atoms with Crippen LogP contribution in [-0.4, -0.2) is 60.1 Å². The van der Waals surface area contributed by atoms with Crippen LogP contribution >= 0.6 is 0 Å². The van der Waals surface area contributed by atoms with E-state index in [1.807, 2.05) is 35.4 Å². The molecule has 0 aliphatic carbocycles. The van der Waals surface area contributed by atoms with Gasteiger partial charge in [0, 0.05) is 50.0 Å². The molecule has 0 saturated carbocycles. The van der Waals surface area contributed by atoms with Gasteiger partial charge in [-0.2, -0.15) is 0 Å². The molecule has 31 heavy (non-hydrogen) atoms. The number of hydrogen-bond acceptors (Lipinski definition) is 3. The third kappa shape index (κ3) is 4.83. The number of carbonyl (C=O) groups excluding carboxylic acids is 1. The first-order valence-electron chi connectivity index (χ1n) is 11.5. The summed E-state index contributed by atoms with van der Waals surface area (Å²) in [5.74, 6) is 0.808. The summed E-state index contributed by atoms with van der Waals surface area (Å²) in [5.41, 5.74) is 4.60. The van der Waals surface area contributed by atoms with Crippen LogP contribution in [0.25, 0.3) is 10.9 Å². The molecule has 0 radical (unpaired) electrons. The van der Waals surface area contributed by atoms with Gasteiger partial charge in [-0.05, 0) is 59.9 Å². The molecule has 5 nitrogen and oxygen atoms in total. The molecule has 0 unspecified atom stereocenters. The van der Waals surface area contributed by atoms with E-state index in [1.54, 1.807) is 0 Å². The lowest BCUT2D eigenvalue weighted by Gasteiger charge is -2.32. The molecule has 2 fully saturated rings. The summed E-state index contributed by atoms with van der Waals surface area (Å²) in [6.45, 7) is 6.46. The number of nitrogens with one attached hydrogen (secondary N) is 1. The van der Waals surface area contributed by atoms with Crippen molar-refractivity contribution in [2.45, 2.75) is 25.8 Å². The fraction of sp³-hybridized carbons (Fsp3) is 0.423. The van der Waals surface area contributed by atoms with E-state index in [0.29, 0.717) is 5.92 Å². The predicted molar refractivity (Wildman–Crippen MR) is 123 cm³/mol. The van der Waals surface area contributed by atoms with Crippen LogP contribution in [0.15, 0.2) is 54.7 Å². The van der Waals surface area contributed by atoms with Gasteiger partial charge >= 0.3 is 0 Å². The Balaban J connectivity index is 1.12. The standard InChI is InChI=1S/C26H31N3O2/c30-26(24-6-5-23-7-10-27-25(23)18-24)29-11-8-21(9-12-29)17-20-1-3-22(4-2-20)19-28-13-15-31-16-14-28/h1-7,10,18,21,27H,8-9,11-17,19H2. The SMILES string of the molecule is O=C(c1ccc2cc[nH]c2c1)N1CCC(Cc2ccc(CN3CCOCC3)cc2)CC1. The van der Waals surface area contributed by atoms with Crippen molar-refractivity contribution in [2.24, 2.45) is 5.92 Å². The fourth-order valence-electron chi connectivity index (χ4n) is 4.84. The summed E-state index contributed by atoms with van der Waals surface area (Å²) in [7, 11) is 0. The molecule has 2 saturated heterocycles. The minimum absolute atomic E-state index is 0.155. The number of benzene rings is 2. The number of likely N-dealkylation sites (tertiary alicyclic amines) is 1. The molecule has 5 rings (SSSR count). The molecule has 0 spiro atoms. The number of aromatic amines is 1. The van der Waals surface area contributed by atoms with Crippen molar-refractivity contribution in [1.82, 2.24) is 14.8 Å². The average Bonchev–Trinajstić information content (AvgIpc) is 3.29. The quantitative estimate of drug-likeness (QED) is 0.680. The Morgan fingerprint density at radius 3 is 2.45 bits per heavy atom. The van der Waals surface area contributed by atoms with Gasteiger partial charge in [0.2, 0.25) is 0 Å². The Kier molecular flexibility index (Phi) is 6.05. The molecule has 3 aromatic rings. The van der Waals surface area contributed by atoms with E-state index in [1.165, 1.54) is 11.1 Å². The molecular weight excluding hydrogens is 386 g/mol. The van der Waals surface area contributed by atoms with Crippen LogP contribution in [0.3, 0.4) is 0 Å².